The molecule has 1 aromatic carbocycles. The first-order valence-corrected chi connectivity index (χ1v) is 6.04. The number of benzene rings is 1. The predicted octanol–water partition coefficient (Wildman–Crippen LogP) is 2.66. The zero-order chi connectivity index (χ0) is 12.1. The zero-order valence-corrected chi connectivity index (χ0v) is 11.5. The van der Waals surface area contributed by atoms with Gasteiger partial charge >= 0.3 is 0 Å². The summed E-state index contributed by atoms with van der Waals surface area (Å²) in [5.74, 6) is 0.777. The van der Waals surface area contributed by atoms with Crippen molar-refractivity contribution in [2.24, 2.45) is 0 Å². The Bertz CT molecular complexity index is 353. The molecule has 90 valence electrons. The molecule has 0 spiro atoms. The van der Waals surface area contributed by atoms with E-state index in [1.807, 2.05) is 20.2 Å². The number of phenolic OH excluding ortho intramolecular Hbond substituents is 1. The van der Waals surface area contributed by atoms with Crippen LogP contribution < -0.4 is 4.74 Å². The quantitative estimate of drug-likeness (QED) is 0.904. The average molecular weight is 288 g/mol. The van der Waals surface area contributed by atoms with Gasteiger partial charge in [0.05, 0.1) is 7.11 Å². The summed E-state index contributed by atoms with van der Waals surface area (Å²) in [4.78, 5) is 2.13. The lowest BCUT2D eigenvalue weighted by atomic mass is 10.1. The summed E-state index contributed by atoms with van der Waals surface area (Å²) >= 11 is 3.41. The maximum absolute atomic E-state index is 9.92. The van der Waals surface area contributed by atoms with Crippen LogP contribution in [0.3, 0.4) is 0 Å². The van der Waals surface area contributed by atoms with Gasteiger partial charge in [-0.25, -0.2) is 0 Å². The Morgan fingerprint density at radius 1 is 1.38 bits per heavy atom. The standard InChI is InChI=1S/C12H18BrNO2/c1-14(2)6-4-5-9-7-10(13)8-11(16-3)12(9)15/h7-8,15H,4-6H2,1-3H3. The second-order valence-electron chi connectivity index (χ2n) is 4.02. The molecule has 1 rings (SSSR count). The minimum absolute atomic E-state index is 0.254. The third kappa shape index (κ3) is 3.68. The van der Waals surface area contributed by atoms with Gasteiger partial charge in [-0.3, -0.25) is 0 Å². The van der Waals surface area contributed by atoms with Crippen molar-refractivity contribution < 1.29 is 9.84 Å². The molecule has 0 fully saturated rings. The summed E-state index contributed by atoms with van der Waals surface area (Å²) in [5, 5.41) is 9.92. The Kier molecular flexibility index (Phi) is 5.09. The van der Waals surface area contributed by atoms with E-state index in [4.69, 9.17) is 4.74 Å². The summed E-state index contributed by atoms with van der Waals surface area (Å²) in [5.41, 5.74) is 0.924. The molecule has 0 saturated heterocycles. The molecule has 16 heavy (non-hydrogen) atoms. The number of hydrogen-bond acceptors (Lipinski definition) is 3. The van der Waals surface area contributed by atoms with E-state index in [-0.39, 0.29) is 5.75 Å². The number of halogens is 1. The molecule has 0 saturated carbocycles. The van der Waals surface area contributed by atoms with Gasteiger partial charge in [-0.05, 0) is 51.2 Å². The highest BCUT2D eigenvalue weighted by atomic mass is 79.9. The van der Waals surface area contributed by atoms with Crippen molar-refractivity contribution in [3.63, 3.8) is 0 Å². The maximum Gasteiger partial charge on any atom is 0.161 e. The smallest absolute Gasteiger partial charge is 0.161 e. The van der Waals surface area contributed by atoms with Crippen molar-refractivity contribution in [1.82, 2.24) is 4.90 Å². The lowest BCUT2D eigenvalue weighted by molar-refractivity contribution is 0.367. The second-order valence-corrected chi connectivity index (χ2v) is 4.94. The number of hydrogen-bond donors (Lipinski definition) is 1. The Morgan fingerprint density at radius 3 is 2.62 bits per heavy atom. The molecule has 3 nitrogen and oxygen atoms in total. The summed E-state index contributed by atoms with van der Waals surface area (Å²) in [7, 11) is 5.65. The molecular formula is C12H18BrNO2. The van der Waals surface area contributed by atoms with E-state index in [1.54, 1.807) is 13.2 Å². The van der Waals surface area contributed by atoms with E-state index in [1.165, 1.54) is 0 Å². The molecule has 0 radical (unpaired) electrons. The van der Waals surface area contributed by atoms with Gasteiger partial charge in [0.25, 0.3) is 0 Å². The van der Waals surface area contributed by atoms with E-state index in [2.05, 4.69) is 20.8 Å². The average Bonchev–Trinajstić information content (AvgIpc) is 2.22. The number of rotatable bonds is 5. The van der Waals surface area contributed by atoms with E-state index >= 15 is 0 Å². The van der Waals surface area contributed by atoms with Crippen molar-refractivity contribution in [2.45, 2.75) is 12.8 Å². The van der Waals surface area contributed by atoms with Crippen LogP contribution in [0.1, 0.15) is 12.0 Å². The molecule has 0 aliphatic carbocycles. The first-order chi connectivity index (χ1) is 7.54. The predicted molar refractivity (Wildman–Crippen MR) is 69.2 cm³/mol. The Labute approximate surface area is 105 Å². The van der Waals surface area contributed by atoms with Gasteiger partial charge in [0.2, 0.25) is 0 Å². The van der Waals surface area contributed by atoms with Crippen LogP contribution >= 0.6 is 15.9 Å². The lowest BCUT2D eigenvalue weighted by Gasteiger charge is -2.12. The third-order valence-electron chi connectivity index (χ3n) is 2.39. The number of aryl methyl sites for hydroxylation is 1. The molecule has 0 aliphatic rings. The molecule has 1 N–H and O–H groups in total. The topological polar surface area (TPSA) is 32.7 Å². The molecule has 1 aromatic rings. The van der Waals surface area contributed by atoms with Gasteiger partial charge in [0.1, 0.15) is 0 Å². The number of phenols is 1. The molecule has 0 atom stereocenters. The molecule has 0 unspecified atom stereocenters. The molecule has 4 heteroatoms. The monoisotopic (exact) mass is 287 g/mol. The minimum Gasteiger partial charge on any atom is -0.504 e. The maximum atomic E-state index is 9.92. The summed E-state index contributed by atoms with van der Waals surface area (Å²) in [6, 6.07) is 3.71. The van der Waals surface area contributed by atoms with Gasteiger partial charge in [0.15, 0.2) is 11.5 Å². The number of aromatic hydroxyl groups is 1. The van der Waals surface area contributed by atoms with Crippen molar-refractivity contribution in [3.8, 4) is 11.5 Å². The van der Waals surface area contributed by atoms with Crippen LogP contribution in [0, 0.1) is 0 Å². The van der Waals surface area contributed by atoms with Gasteiger partial charge in [-0.2, -0.15) is 0 Å². The van der Waals surface area contributed by atoms with Crippen LogP contribution in [0.5, 0.6) is 11.5 Å². The number of nitrogens with zero attached hydrogens (tertiary/aromatic N) is 1. The Balaban J connectivity index is 2.75. The highest BCUT2D eigenvalue weighted by Gasteiger charge is 2.09. The normalized spacial score (nSPS) is 10.8. The zero-order valence-electron chi connectivity index (χ0n) is 9.96. The largest absolute Gasteiger partial charge is 0.504 e. The van der Waals surface area contributed by atoms with Gasteiger partial charge in [0, 0.05) is 4.47 Å². The van der Waals surface area contributed by atoms with Gasteiger partial charge < -0.3 is 14.7 Å². The fourth-order valence-electron chi connectivity index (χ4n) is 1.56. The first-order valence-electron chi connectivity index (χ1n) is 5.24. The van der Waals surface area contributed by atoms with Crippen LogP contribution in [-0.4, -0.2) is 37.8 Å². The van der Waals surface area contributed by atoms with Crippen molar-refractivity contribution in [1.29, 1.82) is 0 Å². The van der Waals surface area contributed by atoms with Crippen LogP contribution in [-0.2, 0) is 6.42 Å². The first kappa shape index (κ1) is 13.3. The lowest BCUT2D eigenvalue weighted by Crippen LogP contribution is -2.13. The van der Waals surface area contributed by atoms with Crippen molar-refractivity contribution >= 4 is 15.9 Å². The van der Waals surface area contributed by atoms with E-state index in [0.717, 1.165) is 29.4 Å². The molecule has 0 bridgehead atoms. The summed E-state index contributed by atoms with van der Waals surface area (Å²) in [6.45, 7) is 1.01. The van der Waals surface area contributed by atoms with Crippen molar-refractivity contribution in [3.05, 3.63) is 22.2 Å². The van der Waals surface area contributed by atoms with Crippen LogP contribution in [0.2, 0.25) is 0 Å². The van der Waals surface area contributed by atoms with E-state index in [0.29, 0.717) is 5.75 Å². The minimum atomic E-state index is 0.254. The van der Waals surface area contributed by atoms with Crippen LogP contribution in [0.15, 0.2) is 16.6 Å². The molecular weight excluding hydrogens is 270 g/mol. The highest BCUT2D eigenvalue weighted by molar-refractivity contribution is 9.10. The summed E-state index contributed by atoms with van der Waals surface area (Å²) in [6.07, 6.45) is 1.86. The van der Waals surface area contributed by atoms with Gasteiger partial charge in [-0.1, -0.05) is 15.9 Å². The van der Waals surface area contributed by atoms with E-state index in [9.17, 15) is 5.11 Å². The van der Waals surface area contributed by atoms with Crippen LogP contribution in [0.25, 0.3) is 0 Å². The molecule has 0 aromatic heterocycles. The molecule has 0 amide bonds. The fraction of sp³-hybridized carbons (Fsp3) is 0.500. The second kappa shape index (κ2) is 6.11. The van der Waals surface area contributed by atoms with E-state index < -0.39 is 0 Å². The summed E-state index contributed by atoms with van der Waals surface area (Å²) < 4.78 is 6.04. The SMILES string of the molecule is COc1cc(Br)cc(CCCN(C)C)c1O. The number of methoxy groups -OCH3 is 1. The third-order valence-corrected chi connectivity index (χ3v) is 2.85. The fourth-order valence-corrected chi connectivity index (χ4v) is 2.04. The van der Waals surface area contributed by atoms with Crippen LogP contribution in [0.4, 0.5) is 0 Å². The Morgan fingerprint density at radius 2 is 2.06 bits per heavy atom. The molecule has 0 aliphatic heterocycles. The highest BCUT2D eigenvalue weighted by Crippen LogP contribution is 2.34. The number of ether oxygens (including phenoxy) is 1. The Hall–Kier alpha value is -0.740. The van der Waals surface area contributed by atoms with Gasteiger partial charge in [-0.15, -0.1) is 0 Å². The van der Waals surface area contributed by atoms with Crippen molar-refractivity contribution in [2.75, 3.05) is 27.7 Å². The molecule has 0 heterocycles.